The third-order valence-corrected chi connectivity index (χ3v) is 4.65. The van der Waals surface area contributed by atoms with E-state index in [1.165, 1.54) is 18.2 Å². The first-order valence-corrected chi connectivity index (χ1v) is 7.30. The minimum Gasteiger partial charge on any atom is -0.393 e. The van der Waals surface area contributed by atoms with Gasteiger partial charge in [0.15, 0.2) is 0 Å². The molecule has 0 aliphatic carbocycles. The number of rotatable bonds is 2. The zero-order valence-corrected chi connectivity index (χ0v) is 12.0. The maximum absolute atomic E-state index is 12.6. The number of nitro benzene ring substituents is 1. The van der Waals surface area contributed by atoms with Gasteiger partial charge in [0.25, 0.3) is 11.6 Å². The molecule has 2 aliphatic heterocycles. The monoisotopic (exact) mass is 310 g/mol. The molecule has 7 heteroatoms. The van der Waals surface area contributed by atoms with Crippen molar-refractivity contribution in [1.82, 2.24) is 4.90 Å². The molecular formula is C14H15ClN2O4. The summed E-state index contributed by atoms with van der Waals surface area (Å²) in [6.07, 6.45) is 2.56. The maximum atomic E-state index is 12.6. The Bertz CT molecular complexity index is 593. The first kappa shape index (κ1) is 14.3. The van der Waals surface area contributed by atoms with Crippen molar-refractivity contribution < 1.29 is 14.8 Å². The van der Waals surface area contributed by atoms with Gasteiger partial charge in [0.05, 0.1) is 11.0 Å². The second kappa shape index (κ2) is 5.27. The predicted molar refractivity (Wildman–Crippen MR) is 76.3 cm³/mol. The number of hydrogen-bond acceptors (Lipinski definition) is 4. The maximum Gasteiger partial charge on any atom is 0.288 e. The summed E-state index contributed by atoms with van der Waals surface area (Å²) in [5.41, 5.74) is 0.0197. The number of benzene rings is 1. The predicted octanol–water partition coefficient (Wildman–Crippen LogP) is 2.38. The highest BCUT2D eigenvalue weighted by Crippen LogP contribution is 2.37. The minimum atomic E-state index is -0.590. The summed E-state index contributed by atoms with van der Waals surface area (Å²) in [6, 6.07) is 4.19. The van der Waals surface area contributed by atoms with Gasteiger partial charge in [-0.25, -0.2) is 0 Å². The van der Waals surface area contributed by atoms with Crippen LogP contribution < -0.4 is 0 Å². The largest absolute Gasteiger partial charge is 0.393 e. The number of halogens is 1. The average molecular weight is 311 g/mol. The Hall–Kier alpha value is -1.66. The summed E-state index contributed by atoms with van der Waals surface area (Å²) in [6.45, 7) is 0. The molecule has 112 valence electrons. The molecule has 1 aromatic carbocycles. The molecule has 6 nitrogen and oxygen atoms in total. The van der Waals surface area contributed by atoms with Crippen LogP contribution >= 0.6 is 11.6 Å². The van der Waals surface area contributed by atoms with Gasteiger partial charge in [-0.3, -0.25) is 14.9 Å². The number of nitro groups is 1. The first-order valence-electron chi connectivity index (χ1n) is 6.92. The van der Waals surface area contributed by atoms with Crippen LogP contribution in [0.3, 0.4) is 0 Å². The Morgan fingerprint density at radius 1 is 1.33 bits per heavy atom. The van der Waals surface area contributed by atoms with Crippen LogP contribution in [-0.4, -0.2) is 39.0 Å². The Morgan fingerprint density at radius 2 is 1.95 bits per heavy atom. The molecule has 2 heterocycles. The van der Waals surface area contributed by atoms with Crippen LogP contribution in [0, 0.1) is 10.1 Å². The summed E-state index contributed by atoms with van der Waals surface area (Å²) >= 11 is 5.77. The zero-order valence-electron chi connectivity index (χ0n) is 11.2. The number of aliphatic hydroxyl groups excluding tert-OH is 1. The van der Waals surface area contributed by atoms with Gasteiger partial charge in [-0.2, -0.15) is 0 Å². The van der Waals surface area contributed by atoms with Crippen molar-refractivity contribution in [3.8, 4) is 0 Å². The second-order valence-corrected chi connectivity index (χ2v) is 6.05. The molecule has 2 aliphatic rings. The molecule has 2 bridgehead atoms. The van der Waals surface area contributed by atoms with Gasteiger partial charge in [0, 0.05) is 23.7 Å². The highest BCUT2D eigenvalue weighted by atomic mass is 35.5. The van der Waals surface area contributed by atoms with E-state index in [1.54, 1.807) is 4.90 Å². The van der Waals surface area contributed by atoms with E-state index in [-0.39, 0.29) is 40.4 Å². The second-order valence-electron chi connectivity index (χ2n) is 5.65. The van der Waals surface area contributed by atoms with Gasteiger partial charge in [-0.05, 0) is 37.8 Å². The van der Waals surface area contributed by atoms with Gasteiger partial charge in [0.2, 0.25) is 0 Å². The number of piperidine rings is 1. The molecule has 1 amide bonds. The molecule has 0 spiro atoms. The number of carbonyl (C=O) groups excluding carboxylic acids is 1. The molecule has 0 aromatic heterocycles. The molecule has 3 rings (SSSR count). The fraction of sp³-hybridized carbons (Fsp3) is 0.500. The normalized spacial score (nSPS) is 27.7. The van der Waals surface area contributed by atoms with E-state index in [0.717, 1.165) is 12.8 Å². The molecule has 21 heavy (non-hydrogen) atoms. The van der Waals surface area contributed by atoms with Gasteiger partial charge in [-0.15, -0.1) is 0 Å². The number of carbonyl (C=O) groups is 1. The summed E-state index contributed by atoms with van der Waals surface area (Å²) in [5.74, 6) is -0.214. The summed E-state index contributed by atoms with van der Waals surface area (Å²) in [7, 11) is 0. The van der Waals surface area contributed by atoms with E-state index in [1.807, 2.05) is 0 Å². The SMILES string of the molecule is O=C(c1ccc(Cl)c([N+](=O)[O-])c1)N1C2CCC1CC(O)C2. The fourth-order valence-electron chi connectivity index (χ4n) is 3.41. The van der Waals surface area contributed by atoms with Crippen molar-refractivity contribution >= 4 is 23.2 Å². The summed E-state index contributed by atoms with van der Waals surface area (Å²) in [5, 5.41) is 20.7. The van der Waals surface area contributed by atoms with E-state index in [9.17, 15) is 20.0 Å². The Morgan fingerprint density at radius 3 is 2.52 bits per heavy atom. The Kier molecular flexibility index (Phi) is 3.59. The quantitative estimate of drug-likeness (QED) is 0.671. The number of nitrogens with zero attached hydrogens (tertiary/aromatic N) is 2. The molecule has 1 N–H and O–H groups in total. The van der Waals surface area contributed by atoms with E-state index in [2.05, 4.69) is 0 Å². The van der Waals surface area contributed by atoms with Gasteiger partial charge < -0.3 is 10.0 Å². The van der Waals surface area contributed by atoms with Crippen LogP contribution in [0.2, 0.25) is 5.02 Å². The first-order chi connectivity index (χ1) is 9.97. The molecule has 2 fully saturated rings. The highest BCUT2D eigenvalue weighted by molar-refractivity contribution is 6.32. The molecule has 0 radical (unpaired) electrons. The van der Waals surface area contributed by atoms with Crippen molar-refractivity contribution in [2.75, 3.05) is 0 Å². The van der Waals surface area contributed by atoms with Gasteiger partial charge >= 0.3 is 0 Å². The average Bonchev–Trinajstić information content (AvgIpc) is 2.70. The molecular weight excluding hydrogens is 296 g/mol. The number of aliphatic hydroxyl groups is 1. The lowest BCUT2D eigenvalue weighted by atomic mass is 9.98. The highest BCUT2D eigenvalue weighted by Gasteiger charge is 2.43. The van der Waals surface area contributed by atoms with Crippen molar-refractivity contribution in [2.24, 2.45) is 0 Å². The number of fused-ring (bicyclic) bond motifs is 2. The van der Waals surface area contributed by atoms with Crippen LogP contribution in [0.15, 0.2) is 18.2 Å². The summed E-state index contributed by atoms with van der Waals surface area (Å²) < 4.78 is 0. The minimum absolute atomic E-state index is 0.0218. The third-order valence-electron chi connectivity index (χ3n) is 4.33. The van der Waals surface area contributed by atoms with Crippen LogP contribution in [0.4, 0.5) is 5.69 Å². The molecule has 2 atom stereocenters. The molecule has 2 unspecified atom stereocenters. The lowest BCUT2D eigenvalue weighted by Gasteiger charge is -2.37. The van der Waals surface area contributed by atoms with Crippen LogP contribution in [0.25, 0.3) is 0 Å². The third kappa shape index (κ3) is 2.49. The lowest BCUT2D eigenvalue weighted by Crippen LogP contribution is -2.48. The van der Waals surface area contributed by atoms with Crippen LogP contribution in [0.1, 0.15) is 36.0 Å². The fourth-order valence-corrected chi connectivity index (χ4v) is 3.60. The van der Waals surface area contributed by atoms with E-state index in [0.29, 0.717) is 12.8 Å². The van der Waals surface area contributed by atoms with Crippen molar-refractivity contribution in [1.29, 1.82) is 0 Å². The van der Waals surface area contributed by atoms with Crippen LogP contribution in [-0.2, 0) is 0 Å². The zero-order chi connectivity index (χ0) is 15.1. The number of amides is 1. The number of hydrogen-bond donors (Lipinski definition) is 1. The molecule has 2 saturated heterocycles. The lowest BCUT2D eigenvalue weighted by molar-refractivity contribution is -0.384. The molecule has 1 aromatic rings. The Labute approximate surface area is 126 Å². The van der Waals surface area contributed by atoms with Gasteiger partial charge in [-0.1, -0.05) is 11.6 Å². The van der Waals surface area contributed by atoms with Crippen molar-refractivity contribution in [3.05, 3.63) is 38.9 Å². The van der Waals surface area contributed by atoms with E-state index < -0.39 is 4.92 Å². The van der Waals surface area contributed by atoms with Gasteiger partial charge in [0.1, 0.15) is 5.02 Å². The topological polar surface area (TPSA) is 83.7 Å². The standard InChI is InChI=1S/C14H15ClN2O4/c15-12-4-1-8(5-13(12)17(20)21)14(19)16-9-2-3-10(16)7-11(18)6-9/h1,4-5,9-11,18H,2-3,6-7H2. The van der Waals surface area contributed by atoms with Crippen LogP contribution in [0.5, 0.6) is 0 Å². The smallest absolute Gasteiger partial charge is 0.288 e. The summed E-state index contributed by atoms with van der Waals surface area (Å²) in [4.78, 5) is 24.7. The molecule has 0 saturated carbocycles. The Balaban J connectivity index is 1.89. The van der Waals surface area contributed by atoms with E-state index >= 15 is 0 Å². The van der Waals surface area contributed by atoms with Crippen molar-refractivity contribution in [3.63, 3.8) is 0 Å². The van der Waals surface area contributed by atoms with E-state index in [4.69, 9.17) is 11.6 Å². The van der Waals surface area contributed by atoms with Crippen molar-refractivity contribution in [2.45, 2.75) is 43.9 Å².